The van der Waals surface area contributed by atoms with Crippen molar-refractivity contribution in [3.05, 3.63) is 63.1 Å². The van der Waals surface area contributed by atoms with Gasteiger partial charge in [0.15, 0.2) is 6.61 Å². The number of carbonyl (C=O) groups excluding carboxylic acids is 3. The van der Waals surface area contributed by atoms with Gasteiger partial charge in [-0.3, -0.25) is 14.4 Å². The number of hydrogen-bond acceptors (Lipinski definition) is 4. The Hall–Kier alpha value is -2.38. The van der Waals surface area contributed by atoms with E-state index >= 15 is 0 Å². The van der Waals surface area contributed by atoms with Gasteiger partial charge in [0, 0.05) is 15.2 Å². The van der Waals surface area contributed by atoms with Crippen LogP contribution in [0.25, 0.3) is 0 Å². The van der Waals surface area contributed by atoms with Gasteiger partial charge in [-0.15, -0.1) is 0 Å². The zero-order valence-electron chi connectivity index (χ0n) is 16.5. The van der Waals surface area contributed by atoms with Crippen LogP contribution in [0.1, 0.15) is 30.4 Å². The average Bonchev–Trinajstić information content (AvgIpc) is 2.67. The summed E-state index contributed by atoms with van der Waals surface area (Å²) in [5.74, 6) is -1.32. The van der Waals surface area contributed by atoms with Crippen molar-refractivity contribution in [1.29, 1.82) is 0 Å². The highest BCUT2D eigenvalue weighted by Crippen LogP contribution is 2.45. The van der Waals surface area contributed by atoms with E-state index in [9.17, 15) is 14.4 Å². The minimum absolute atomic E-state index is 0.214. The molecule has 1 saturated carbocycles. The lowest BCUT2D eigenvalue weighted by Crippen LogP contribution is -2.45. The maximum atomic E-state index is 12.7. The summed E-state index contributed by atoms with van der Waals surface area (Å²) >= 11 is 9.29. The minimum Gasteiger partial charge on any atom is -0.455 e. The van der Waals surface area contributed by atoms with Crippen molar-refractivity contribution < 1.29 is 19.1 Å². The molecule has 158 valence electrons. The van der Waals surface area contributed by atoms with Crippen LogP contribution in [0.15, 0.2) is 46.9 Å². The van der Waals surface area contributed by atoms with Gasteiger partial charge in [0.2, 0.25) is 5.91 Å². The van der Waals surface area contributed by atoms with Crippen LogP contribution in [-0.2, 0) is 24.5 Å². The Labute approximate surface area is 188 Å². The molecule has 0 heterocycles. The molecule has 6 nitrogen and oxygen atoms in total. The van der Waals surface area contributed by atoms with E-state index in [1.54, 1.807) is 18.2 Å². The highest BCUT2D eigenvalue weighted by molar-refractivity contribution is 9.10. The highest BCUT2D eigenvalue weighted by Gasteiger charge is 2.47. The third-order valence-corrected chi connectivity index (χ3v) is 5.98. The van der Waals surface area contributed by atoms with Crippen molar-refractivity contribution >= 4 is 51.0 Å². The van der Waals surface area contributed by atoms with E-state index in [-0.39, 0.29) is 12.5 Å². The molecule has 2 N–H and O–H groups in total. The number of aryl methyl sites for hydroxylation is 1. The van der Waals surface area contributed by atoms with E-state index in [2.05, 4.69) is 26.6 Å². The summed E-state index contributed by atoms with van der Waals surface area (Å²) < 4.78 is 6.17. The standard InChI is InChI=1S/C22H22BrClN2O4/c1-14-11-16(23)5-8-18(14)26-19(27)12-25-20(28)13-30-21(29)22(9-2-10-22)15-3-6-17(24)7-4-15/h3-8,11H,2,9-10,12-13H2,1H3,(H,25,28)(H,26,27). The number of ether oxygens (including phenoxy) is 1. The van der Waals surface area contributed by atoms with E-state index in [1.165, 1.54) is 0 Å². The van der Waals surface area contributed by atoms with E-state index in [0.717, 1.165) is 22.0 Å². The number of esters is 1. The molecular formula is C22H22BrClN2O4. The van der Waals surface area contributed by atoms with Gasteiger partial charge in [-0.2, -0.15) is 0 Å². The van der Waals surface area contributed by atoms with Crippen LogP contribution >= 0.6 is 27.5 Å². The van der Waals surface area contributed by atoms with Gasteiger partial charge in [-0.25, -0.2) is 0 Å². The summed E-state index contributed by atoms with van der Waals surface area (Å²) in [4.78, 5) is 36.8. The van der Waals surface area contributed by atoms with Gasteiger partial charge in [-0.05, 0) is 61.2 Å². The largest absolute Gasteiger partial charge is 0.455 e. The fourth-order valence-electron chi connectivity index (χ4n) is 3.37. The van der Waals surface area contributed by atoms with Gasteiger partial charge in [0.25, 0.3) is 5.91 Å². The number of nitrogens with one attached hydrogen (secondary N) is 2. The second kappa shape index (κ2) is 9.62. The number of rotatable bonds is 7. The first-order valence-electron chi connectivity index (χ1n) is 9.56. The molecule has 0 aliphatic heterocycles. The van der Waals surface area contributed by atoms with Crippen molar-refractivity contribution in [2.45, 2.75) is 31.6 Å². The normalized spacial score (nSPS) is 14.4. The highest BCUT2D eigenvalue weighted by atomic mass is 79.9. The lowest BCUT2D eigenvalue weighted by molar-refractivity contribution is -0.157. The number of halogens is 2. The second-order valence-corrected chi connectivity index (χ2v) is 8.65. The summed E-state index contributed by atoms with van der Waals surface area (Å²) in [5.41, 5.74) is 1.68. The van der Waals surface area contributed by atoms with Crippen molar-refractivity contribution in [1.82, 2.24) is 5.32 Å². The molecule has 0 bridgehead atoms. The monoisotopic (exact) mass is 492 g/mol. The van der Waals surface area contributed by atoms with Crippen molar-refractivity contribution in [3.63, 3.8) is 0 Å². The second-order valence-electron chi connectivity index (χ2n) is 7.30. The molecular weight excluding hydrogens is 472 g/mol. The van der Waals surface area contributed by atoms with Gasteiger partial charge < -0.3 is 15.4 Å². The number of anilines is 1. The summed E-state index contributed by atoms with van der Waals surface area (Å²) in [5, 5.41) is 5.80. The Balaban J connectivity index is 1.47. The Morgan fingerprint density at radius 2 is 1.80 bits per heavy atom. The minimum atomic E-state index is -0.721. The third kappa shape index (κ3) is 5.21. The van der Waals surface area contributed by atoms with Crippen LogP contribution in [0.5, 0.6) is 0 Å². The van der Waals surface area contributed by atoms with E-state index in [0.29, 0.717) is 23.6 Å². The summed E-state index contributed by atoms with van der Waals surface area (Å²) in [6.45, 7) is 1.22. The number of carbonyl (C=O) groups is 3. The molecule has 3 rings (SSSR count). The molecule has 0 aromatic heterocycles. The topological polar surface area (TPSA) is 84.5 Å². The van der Waals surface area contributed by atoms with Crippen LogP contribution in [0.4, 0.5) is 5.69 Å². The summed E-state index contributed by atoms with van der Waals surface area (Å²) in [6, 6.07) is 12.6. The van der Waals surface area contributed by atoms with E-state index < -0.39 is 23.9 Å². The Morgan fingerprint density at radius 3 is 2.40 bits per heavy atom. The smallest absolute Gasteiger partial charge is 0.317 e. The van der Waals surface area contributed by atoms with Crippen molar-refractivity contribution in [2.24, 2.45) is 0 Å². The molecule has 0 spiro atoms. The van der Waals surface area contributed by atoms with Gasteiger partial charge >= 0.3 is 5.97 Å². The molecule has 2 aromatic rings. The third-order valence-electron chi connectivity index (χ3n) is 5.24. The lowest BCUT2D eigenvalue weighted by atomic mass is 9.64. The average molecular weight is 494 g/mol. The van der Waals surface area contributed by atoms with Gasteiger partial charge in [0.05, 0.1) is 12.0 Å². The maximum Gasteiger partial charge on any atom is 0.317 e. The first-order chi connectivity index (χ1) is 14.3. The molecule has 2 aromatic carbocycles. The van der Waals surface area contributed by atoms with Gasteiger partial charge in [0.1, 0.15) is 0 Å². The van der Waals surface area contributed by atoms with E-state index in [4.69, 9.17) is 16.3 Å². The molecule has 1 aliphatic rings. The molecule has 0 unspecified atom stereocenters. The maximum absolute atomic E-state index is 12.7. The molecule has 0 saturated heterocycles. The Bertz CT molecular complexity index is 958. The molecule has 30 heavy (non-hydrogen) atoms. The fourth-order valence-corrected chi connectivity index (χ4v) is 3.97. The van der Waals surface area contributed by atoms with Crippen LogP contribution in [0.2, 0.25) is 5.02 Å². The molecule has 1 aliphatic carbocycles. The van der Waals surface area contributed by atoms with E-state index in [1.807, 2.05) is 31.2 Å². The number of benzene rings is 2. The van der Waals surface area contributed by atoms with Gasteiger partial charge in [-0.1, -0.05) is 46.1 Å². The molecule has 2 amide bonds. The SMILES string of the molecule is Cc1cc(Br)ccc1NC(=O)CNC(=O)COC(=O)C1(c2ccc(Cl)cc2)CCC1. The lowest BCUT2D eigenvalue weighted by Gasteiger charge is -2.39. The first-order valence-corrected chi connectivity index (χ1v) is 10.7. The number of hydrogen-bond donors (Lipinski definition) is 2. The first kappa shape index (κ1) is 22.3. The quantitative estimate of drug-likeness (QED) is 0.568. The zero-order chi connectivity index (χ0) is 21.7. The van der Waals surface area contributed by atoms with Crippen molar-refractivity contribution in [3.8, 4) is 0 Å². The molecule has 1 fully saturated rings. The van der Waals surface area contributed by atoms with Crippen LogP contribution in [0, 0.1) is 6.92 Å². The molecule has 8 heteroatoms. The van der Waals surface area contributed by atoms with Crippen LogP contribution < -0.4 is 10.6 Å². The molecule has 0 atom stereocenters. The Morgan fingerprint density at radius 1 is 1.10 bits per heavy atom. The van der Waals surface area contributed by atoms with Crippen molar-refractivity contribution in [2.75, 3.05) is 18.5 Å². The summed E-state index contributed by atoms with van der Waals surface area (Å²) in [6.07, 6.45) is 2.26. The van der Waals surface area contributed by atoms with Crippen LogP contribution in [0.3, 0.4) is 0 Å². The zero-order valence-corrected chi connectivity index (χ0v) is 18.8. The molecule has 0 radical (unpaired) electrons. The summed E-state index contributed by atoms with van der Waals surface area (Å²) in [7, 11) is 0. The Kier molecular flexibility index (Phi) is 7.15. The predicted octanol–water partition coefficient (Wildman–Crippen LogP) is 4.13. The predicted molar refractivity (Wildman–Crippen MR) is 118 cm³/mol. The number of amides is 2. The fraction of sp³-hybridized carbons (Fsp3) is 0.318. The van der Waals surface area contributed by atoms with Crippen LogP contribution in [-0.4, -0.2) is 30.9 Å².